The molecule has 35 heavy (non-hydrogen) atoms. The number of fused-ring (bicyclic) bond motifs is 2. The lowest BCUT2D eigenvalue weighted by atomic mass is 10.1. The van der Waals surface area contributed by atoms with E-state index in [0.29, 0.717) is 17.7 Å². The number of rotatable bonds is 7. The molecular weight excluding hydrogens is 468 g/mol. The number of amides is 1. The summed E-state index contributed by atoms with van der Waals surface area (Å²) >= 11 is 0. The van der Waals surface area contributed by atoms with Gasteiger partial charge in [-0.3, -0.25) is 4.79 Å². The van der Waals surface area contributed by atoms with Gasteiger partial charge in [-0.15, -0.1) is 0 Å². The number of benzene rings is 3. The second-order valence-electron chi connectivity index (χ2n) is 7.72. The van der Waals surface area contributed by atoms with Gasteiger partial charge in [-0.05, 0) is 55.0 Å². The third-order valence-electron chi connectivity index (χ3n) is 5.49. The lowest BCUT2D eigenvalue weighted by molar-refractivity contribution is 0.0335. The average molecular weight is 491 g/mol. The maximum Gasteiger partial charge on any atom is 0.338 e. The highest BCUT2D eigenvalue weighted by Gasteiger charge is 2.36. The third kappa shape index (κ3) is 4.80. The van der Waals surface area contributed by atoms with Crippen LogP contribution in [-0.2, 0) is 25.9 Å². The lowest BCUT2D eigenvalue weighted by Crippen LogP contribution is -2.30. The van der Waals surface area contributed by atoms with E-state index < -0.39 is 21.7 Å². The number of hydrogen-bond acceptors (Lipinski definition) is 7. The van der Waals surface area contributed by atoms with Gasteiger partial charge in [0.15, 0.2) is 0 Å². The zero-order valence-electron chi connectivity index (χ0n) is 18.9. The molecule has 0 saturated heterocycles. The van der Waals surface area contributed by atoms with Crippen molar-refractivity contribution in [3.63, 3.8) is 0 Å². The van der Waals surface area contributed by atoms with Crippen molar-refractivity contribution in [2.24, 2.45) is 0 Å². The van der Waals surface area contributed by atoms with Crippen LogP contribution in [0.25, 0.3) is 0 Å². The van der Waals surface area contributed by atoms with Gasteiger partial charge in [-0.1, -0.05) is 24.3 Å². The van der Waals surface area contributed by atoms with Gasteiger partial charge in [0.05, 0.1) is 51.4 Å². The minimum Gasteiger partial charge on any atom is -0.460 e. The van der Waals surface area contributed by atoms with Crippen molar-refractivity contribution >= 4 is 27.4 Å². The fraction of sp³-hybridized carbons (Fsp3) is 0.192. The first-order chi connectivity index (χ1) is 16.9. The number of ether oxygens (including phenoxy) is 2. The van der Waals surface area contributed by atoms with E-state index in [4.69, 9.17) is 9.47 Å². The molecule has 0 atom stereocenters. The van der Waals surface area contributed by atoms with Crippen LogP contribution in [0.4, 0.5) is 5.69 Å². The van der Waals surface area contributed by atoms with E-state index in [1.807, 2.05) is 6.92 Å². The van der Waals surface area contributed by atoms with Crippen LogP contribution in [-0.4, -0.2) is 40.1 Å². The van der Waals surface area contributed by atoms with Crippen molar-refractivity contribution in [1.82, 2.24) is 0 Å². The van der Waals surface area contributed by atoms with Crippen LogP contribution in [0.15, 0.2) is 76.5 Å². The van der Waals surface area contributed by atoms with Crippen molar-refractivity contribution in [3.05, 3.63) is 89.0 Å². The topological polar surface area (TPSA) is 114 Å². The first-order valence-electron chi connectivity index (χ1n) is 10.9. The SMILES string of the molecule is CCOCCOC(=O)c1ccc2c(c1)N(Cc1cccc(C#N)c1)C(=O)c1ccccc1S2(=O)=O. The smallest absolute Gasteiger partial charge is 0.338 e. The van der Waals surface area contributed by atoms with E-state index >= 15 is 0 Å². The fourth-order valence-corrected chi connectivity index (χ4v) is 5.46. The molecular formula is C26H22N2O6S. The Morgan fingerprint density at radius 1 is 1.00 bits per heavy atom. The second-order valence-corrected chi connectivity index (χ2v) is 9.60. The molecule has 3 aromatic carbocycles. The number of anilines is 1. The average Bonchev–Trinajstić information content (AvgIpc) is 2.94. The Kier molecular flexibility index (Phi) is 6.96. The molecule has 0 fully saturated rings. The van der Waals surface area contributed by atoms with Gasteiger partial charge in [0.1, 0.15) is 6.61 Å². The molecule has 0 unspecified atom stereocenters. The van der Waals surface area contributed by atoms with Gasteiger partial charge in [-0.25, -0.2) is 13.2 Å². The van der Waals surface area contributed by atoms with Crippen LogP contribution < -0.4 is 4.90 Å². The molecule has 1 aliphatic heterocycles. The molecule has 0 saturated carbocycles. The van der Waals surface area contributed by atoms with Gasteiger partial charge in [-0.2, -0.15) is 5.26 Å². The second kappa shape index (κ2) is 10.1. The summed E-state index contributed by atoms with van der Waals surface area (Å²) in [5.74, 6) is -1.20. The summed E-state index contributed by atoms with van der Waals surface area (Å²) in [6.45, 7) is 2.57. The minimum atomic E-state index is -4.06. The van der Waals surface area contributed by atoms with Crippen LogP contribution in [0.5, 0.6) is 0 Å². The molecule has 0 aliphatic carbocycles. The molecule has 0 bridgehead atoms. The van der Waals surface area contributed by atoms with E-state index in [9.17, 15) is 23.3 Å². The summed E-state index contributed by atoms with van der Waals surface area (Å²) < 4.78 is 37.5. The summed E-state index contributed by atoms with van der Waals surface area (Å²) in [5, 5.41) is 9.25. The van der Waals surface area contributed by atoms with Crippen molar-refractivity contribution in [3.8, 4) is 6.07 Å². The Bertz CT molecular complexity index is 1440. The highest BCUT2D eigenvalue weighted by Crippen LogP contribution is 2.38. The monoisotopic (exact) mass is 490 g/mol. The van der Waals surface area contributed by atoms with Crippen LogP contribution in [0, 0.1) is 11.3 Å². The van der Waals surface area contributed by atoms with Crippen LogP contribution in [0.3, 0.4) is 0 Å². The van der Waals surface area contributed by atoms with E-state index in [1.165, 1.54) is 35.2 Å². The Morgan fingerprint density at radius 2 is 1.80 bits per heavy atom. The van der Waals surface area contributed by atoms with Gasteiger partial charge in [0.25, 0.3) is 5.91 Å². The summed E-state index contributed by atoms with van der Waals surface area (Å²) in [4.78, 5) is 27.4. The summed E-state index contributed by atoms with van der Waals surface area (Å²) in [5.41, 5.74) is 1.23. The van der Waals surface area contributed by atoms with Gasteiger partial charge < -0.3 is 14.4 Å². The number of nitrogens with zero attached hydrogens (tertiary/aromatic N) is 2. The normalized spacial score (nSPS) is 13.8. The highest BCUT2D eigenvalue weighted by molar-refractivity contribution is 7.91. The number of hydrogen-bond donors (Lipinski definition) is 0. The van der Waals surface area contributed by atoms with E-state index in [-0.39, 0.29) is 46.4 Å². The maximum absolute atomic E-state index is 13.6. The molecule has 0 N–H and O–H groups in total. The molecule has 0 radical (unpaired) electrons. The number of sulfone groups is 1. The zero-order chi connectivity index (χ0) is 25.0. The van der Waals surface area contributed by atoms with E-state index in [0.717, 1.165) is 0 Å². The molecule has 0 spiro atoms. The maximum atomic E-state index is 13.6. The summed E-state index contributed by atoms with van der Waals surface area (Å²) in [6.07, 6.45) is 0. The van der Waals surface area contributed by atoms with Crippen molar-refractivity contribution in [2.75, 3.05) is 24.7 Å². The molecule has 1 heterocycles. The molecule has 8 nitrogen and oxygen atoms in total. The highest BCUT2D eigenvalue weighted by atomic mass is 32.2. The predicted molar refractivity (Wildman–Crippen MR) is 127 cm³/mol. The van der Waals surface area contributed by atoms with Crippen LogP contribution in [0.1, 0.15) is 38.8 Å². The van der Waals surface area contributed by atoms with Crippen LogP contribution in [0.2, 0.25) is 0 Å². The van der Waals surface area contributed by atoms with Crippen molar-refractivity contribution in [2.45, 2.75) is 23.3 Å². The number of esters is 1. The Morgan fingerprint density at radius 3 is 2.57 bits per heavy atom. The van der Waals surface area contributed by atoms with Crippen molar-refractivity contribution in [1.29, 1.82) is 5.26 Å². The Balaban J connectivity index is 1.83. The summed E-state index contributed by atoms with van der Waals surface area (Å²) in [6, 6.07) is 18.8. The first kappa shape index (κ1) is 24.1. The molecule has 178 valence electrons. The van der Waals surface area contributed by atoms with Crippen molar-refractivity contribution < 1.29 is 27.5 Å². The van der Waals surface area contributed by atoms with Gasteiger partial charge in [0, 0.05) is 6.61 Å². The molecule has 1 amide bonds. The molecule has 9 heteroatoms. The predicted octanol–water partition coefficient (Wildman–Crippen LogP) is 3.74. The first-order valence-corrected chi connectivity index (χ1v) is 12.4. The molecule has 0 aromatic heterocycles. The lowest BCUT2D eigenvalue weighted by Gasteiger charge is -2.23. The standard InChI is InChI=1S/C26H22N2O6S/c1-2-33-12-13-34-26(30)20-10-11-24-22(15-20)28(17-19-7-5-6-18(14-19)16-27)25(29)21-8-3-4-9-23(21)35(24,31)32/h3-11,14-15H,2,12-13,17H2,1H3. The van der Waals surface area contributed by atoms with Gasteiger partial charge in [0.2, 0.25) is 9.84 Å². The Hall–Kier alpha value is -4.00. The minimum absolute atomic E-state index is 0.00590. The number of nitriles is 1. The number of carbonyl (C=O) groups excluding carboxylic acids is 2. The van der Waals surface area contributed by atoms with Crippen LogP contribution >= 0.6 is 0 Å². The van der Waals surface area contributed by atoms with E-state index in [2.05, 4.69) is 6.07 Å². The molecule has 3 aromatic rings. The fourth-order valence-electron chi connectivity index (χ4n) is 3.83. The third-order valence-corrected chi connectivity index (χ3v) is 7.35. The quantitative estimate of drug-likeness (QED) is 0.366. The van der Waals surface area contributed by atoms with Gasteiger partial charge >= 0.3 is 5.97 Å². The zero-order valence-corrected chi connectivity index (χ0v) is 19.7. The number of carbonyl (C=O) groups is 2. The van der Waals surface area contributed by atoms with E-state index in [1.54, 1.807) is 36.4 Å². The Labute approximate surface area is 203 Å². The largest absolute Gasteiger partial charge is 0.460 e. The summed E-state index contributed by atoms with van der Waals surface area (Å²) in [7, 11) is -4.06. The molecule has 1 aliphatic rings. The molecule has 4 rings (SSSR count).